The van der Waals surface area contributed by atoms with Gasteiger partial charge >= 0.3 is 0 Å². The Labute approximate surface area is 167 Å². The molecule has 1 unspecified atom stereocenters. The molecule has 8 heteroatoms. The first-order chi connectivity index (χ1) is 13.7. The minimum atomic E-state index is -0.237. The second-order valence-electron chi connectivity index (χ2n) is 6.12. The highest BCUT2D eigenvalue weighted by Gasteiger charge is 2.26. The van der Waals surface area contributed by atoms with Crippen LogP contribution in [0.15, 0.2) is 48.8 Å². The van der Waals surface area contributed by atoms with Gasteiger partial charge in [-0.2, -0.15) is 10.1 Å². The normalized spacial score (nSPS) is 15.3. The molecule has 7 nitrogen and oxygen atoms in total. The zero-order valence-electron chi connectivity index (χ0n) is 15.6. The van der Waals surface area contributed by atoms with Crippen molar-refractivity contribution in [1.29, 1.82) is 0 Å². The van der Waals surface area contributed by atoms with E-state index in [1.807, 2.05) is 42.5 Å². The average molecular weight is 399 g/mol. The highest BCUT2D eigenvalue weighted by Crippen LogP contribution is 2.42. The first-order valence-corrected chi connectivity index (χ1v) is 8.97. The number of nitrogens with one attached hydrogen (secondary N) is 1. The number of allylic oxidation sites excluding steroid dienone is 1. The highest BCUT2D eigenvalue weighted by molar-refractivity contribution is 6.32. The van der Waals surface area contributed by atoms with Crippen LogP contribution in [-0.4, -0.2) is 36.1 Å². The van der Waals surface area contributed by atoms with Crippen molar-refractivity contribution in [3.05, 3.63) is 65.0 Å². The monoisotopic (exact) mass is 398 g/mol. The molecule has 0 spiro atoms. The average Bonchev–Trinajstić information content (AvgIpc) is 3.21. The van der Waals surface area contributed by atoms with Gasteiger partial charge in [0.1, 0.15) is 12.4 Å². The van der Waals surface area contributed by atoms with Gasteiger partial charge in [-0.25, -0.2) is 4.68 Å². The maximum Gasteiger partial charge on any atom is 0.226 e. The smallest absolute Gasteiger partial charge is 0.226 e. The van der Waals surface area contributed by atoms with Crippen LogP contribution in [0.3, 0.4) is 0 Å². The van der Waals surface area contributed by atoms with E-state index in [-0.39, 0.29) is 6.04 Å². The second kappa shape index (κ2) is 7.44. The molecule has 0 amide bonds. The first-order valence-electron chi connectivity index (χ1n) is 8.59. The van der Waals surface area contributed by atoms with E-state index in [4.69, 9.17) is 25.8 Å². The first kappa shape index (κ1) is 18.2. The van der Waals surface area contributed by atoms with Crippen molar-refractivity contribution in [3.8, 4) is 17.2 Å². The van der Waals surface area contributed by atoms with Gasteiger partial charge in [0.25, 0.3) is 0 Å². The van der Waals surface area contributed by atoms with E-state index in [1.54, 1.807) is 26.0 Å². The van der Waals surface area contributed by atoms with Crippen molar-refractivity contribution in [2.24, 2.45) is 0 Å². The minimum absolute atomic E-state index is 0.237. The van der Waals surface area contributed by atoms with Gasteiger partial charge in [-0.3, -0.25) is 0 Å². The molecule has 0 fully saturated rings. The Balaban J connectivity index is 1.87. The maximum atomic E-state index is 6.41. The van der Waals surface area contributed by atoms with Gasteiger partial charge in [0.15, 0.2) is 11.5 Å². The number of ether oxygens (including phenoxy) is 3. The van der Waals surface area contributed by atoms with E-state index in [9.17, 15) is 0 Å². The van der Waals surface area contributed by atoms with Gasteiger partial charge in [0, 0.05) is 16.3 Å². The fourth-order valence-corrected chi connectivity index (χ4v) is 3.52. The van der Waals surface area contributed by atoms with E-state index in [0.717, 1.165) is 16.8 Å². The molecule has 1 aromatic heterocycles. The van der Waals surface area contributed by atoms with Crippen molar-refractivity contribution in [1.82, 2.24) is 14.8 Å². The molecule has 3 aromatic rings. The van der Waals surface area contributed by atoms with Gasteiger partial charge < -0.3 is 19.5 Å². The van der Waals surface area contributed by atoms with Gasteiger partial charge in [0.2, 0.25) is 11.7 Å². The number of fused-ring (bicyclic) bond motifs is 1. The summed E-state index contributed by atoms with van der Waals surface area (Å²) in [7, 11) is 4.76. The number of anilines is 1. The summed E-state index contributed by atoms with van der Waals surface area (Å²) in [6.45, 7) is 0. The van der Waals surface area contributed by atoms with Crippen molar-refractivity contribution in [2.45, 2.75) is 6.04 Å². The van der Waals surface area contributed by atoms with Crippen LogP contribution in [0.4, 0.5) is 5.95 Å². The molecule has 144 valence electrons. The molecule has 4 rings (SSSR count). The van der Waals surface area contributed by atoms with Crippen LogP contribution in [-0.2, 0) is 0 Å². The molecule has 1 atom stereocenters. The van der Waals surface area contributed by atoms with Crippen molar-refractivity contribution in [2.75, 3.05) is 26.6 Å². The fourth-order valence-electron chi connectivity index (χ4n) is 3.28. The zero-order valence-corrected chi connectivity index (χ0v) is 16.4. The SMILES string of the molecule is COc1cc(C2C=C(c3ccccc3Cl)Nc3ncnn32)cc(OC)c1OC. The molecule has 2 heterocycles. The summed E-state index contributed by atoms with van der Waals surface area (Å²) >= 11 is 6.41. The van der Waals surface area contributed by atoms with Gasteiger partial charge in [-0.15, -0.1) is 0 Å². The molecular weight excluding hydrogens is 380 g/mol. The van der Waals surface area contributed by atoms with Crippen LogP contribution in [0, 0.1) is 0 Å². The zero-order chi connectivity index (χ0) is 19.7. The lowest BCUT2D eigenvalue weighted by atomic mass is 10.0. The van der Waals surface area contributed by atoms with E-state index >= 15 is 0 Å². The number of rotatable bonds is 5. The lowest BCUT2D eigenvalue weighted by Gasteiger charge is -2.25. The van der Waals surface area contributed by atoms with E-state index in [1.165, 1.54) is 6.33 Å². The minimum Gasteiger partial charge on any atom is -0.493 e. The Hall–Kier alpha value is -3.19. The molecule has 0 saturated carbocycles. The summed E-state index contributed by atoms with van der Waals surface area (Å²) in [5, 5.41) is 8.31. The van der Waals surface area contributed by atoms with Gasteiger partial charge in [0.05, 0.1) is 21.3 Å². The van der Waals surface area contributed by atoms with Crippen LogP contribution in [0.5, 0.6) is 17.2 Å². The Morgan fingerprint density at radius 1 is 1.04 bits per heavy atom. The number of hydrogen-bond donors (Lipinski definition) is 1. The van der Waals surface area contributed by atoms with Gasteiger partial charge in [-0.05, 0) is 29.8 Å². The van der Waals surface area contributed by atoms with Crippen LogP contribution >= 0.6 is 11.6 Å². The van der Waals surface area contributed by atoms with E-state index in [2.05, 4.69) is 15.4 Å². The third-order valence-electron chi connectivity index (χ3n) is 4.60. The second-order valence-corrected chi connectivity index (χ2v) is 6.52. The lowest BCUT2D eigenvalue weighted by Crippen LogP contribution is -2.20. The summed E-state index contributed by atoms with van der Waals surface area (Å²) in [5.74, 6) is 2.31. The molecule has 0 bridgehead atoms. The molecule has 0 aliphatic carbocycles. The number of nitrogens with zero attached hydrogens (tertiary/aromatic N) is 3. The number of hydrogen-bond acceptors (Lipinski definition) is 6. The molecule has 2 aromatic carbocycles. The Morgan fingerprint density at radius 2 is 1.75 bits per heavy atom. The lowest BCUT2D eigenvalue weighted by molar-refractivity contribution is 0.323. The van der Waals surface area contributed by atoms with E-state index in [0.29, 0.717) is 28.2 Å². The molecule has 0 saturated heterocycles. The van der Waals surface area contributed by atoms with Crippen LogP contribution < -0.4 is 19.5 Å². The standard InChI is InChI=1S/C20H19ClN4O3/c1-26-17-8-12(9-18(27-2)19(17)28-3)16-10-15(13-6-4-5-7-14(13)21)24-20-22-11-23-25(16)20/h4-11,16H,1-3H3,(H,22,23,24). The topological polar surface area (TPSA) is 70.4 Å². The largest absolute Gasteiger partial charge is 0.493 e. The number of aromatic nitrogens is 3. The van der Waals surface area contributed by atoms with Crippen molar-refractivity contribution >= 4 is 23.2 Å². The number of halogens is 1. The summed E-state index contributed by atoms with van der Waals surface area (Å²) in [6, 6.07) is 11.2. The molecule has 1 N–H and O–H groups in total. The molecule has 28 heavy (non-hydrogen) atoms. The summed E-state index contributed by atoms with van der Waals surface area (Å²) in [5.41, 5.74) is 2.65. The molecule has 1 aliphatic rings. The predicted molar refractivity (Wildman–Crippen MR) is 107 cm³/mol. The third kappa shape index (κ3) is 3.03. The Morgan fingerprint density at radius 3 is 2.39 bits per heavy atom. The highest BCUT2D eigenvalue weighted by atomic mass is 35.5. The Kier molecular flexibility index (Phi) is 4.83. The molecule has 1 aliphatic heterocycles. The maximum absolute atomic E-state index is 6.41. The third-order valence-corrected chi connectivity index (χ3v) is 4.93. The summed E-state index contributed by atoms with van der Waals surface area (Å²) in [4.78, 5) is 4.33. The summed E-state index contributed by atoms with van der Waals surface area (Å²) < 4.78 is 18.2. The number of benzene rings is 2. The summed E-state index contributed by atoms with van der Waals surface area (Å²) in [6.07, 6.45) is 3.56. The van der Waals surface area contributed by atoms with Crippen LogP contribution in [0.2, 0.25) is 5.02 Å². The van der Waals surface area contributed by atoms with E-state index < -0.39 is 0 Å². The van der Waals surface area contributed by atoms with Crippen LogP contribution in [0.1, 0.15) is 17.2 Å². The fraction of sp³-hybridized carbons (Fsp3) is 0.200. The molecule has 0 radical (unpaired) electrons. The van der Waals surface area contributed by atoms with Gasteiger partial charge in [-0.1, -0.05) is 29.8 Å². The number of methoxy groups -OCH3 is 3. The quantitative estimate of drug-likeness (QED) is 0.700. The van der Waals surface area contributed by atoms with Crippen LogP contribution in [0.25, 0.3) is 5.70 Å². The molecular formula is C20H19ClN4O3. The predicted octanol–water partition coefficient (Wildman–Crippen LogP) is 4.01. The van der Waals surface area contributed by atoms with Crippen molar-refractivity contribution in [3.63, 3.8) is 0 Å². The Bertz CT molecular complexity index is 1020. The van der Waals surface area contributed by atoms with Crippen molar-refractivity contribution < 1.29 is 14.2 Å².